The second-order valence-corrected chi connectivity index (χ2v) is 4.01. The van der Waals surface area contributed by atoms with Crippen LogP contribution >= 0.6 is 11.6 Å². The Labute approximate surface area is 99.1 Å². The van der Waals surface area contributed by atoms with Crippen molar-refractivity contribution in [2.24, 2.45) is 0 Å². The van der Waals surface area contributed by atoms with Gasteiger partial charge in [-0.25, -0.2) is 4.98 Å². The van der Waals surface area contributed by atoms with E-state index in [2.05, 4.69) is 17.0 Å². The van der Waals surface area contributed by atoms with Crippen LogP contribution in [0.5, 0.6) is 0 Å². The van der Waals surface area contributed by atoms with Gasteiger partial charge in [0.05, 0.1) is 11.2 Å². The molecule has 0 saturated heterocycles. The minimum atomic E-state index is 0.473. The molecule has 0 saturated carbocycles. The molecule has 0 bridgehead atoms. The highest BCUT2D eigenvalue weighted by Crippen LogP contribution is 2.26. The first-order valence-electron chi connectivity index (χ1n) is 5.14. The van der Waals surface area contributed by atoms with Crippen molar-refractivity contribution in [3.8, 4) is 11.1 Å². The maximum atomic E-state index is 5.89. The van der Waals surface area contributed by atoms with Crippen LogP contribution in [0.25, 0.3) is 11.1 Å². The van der Waals surface area contributed by atoms with Gasteiger partial charge in [0.1, 0.15) is 5.82 Å². The van der Waals surface area contributed by atoms with Crippen molar-refractivity contribution in [1.82, 2.24) is 14.8 Å². The number of rotatable bonds is 3. The van der Waals surface area contributed by atoms with E-state index in [0.29, 0.717) is 10.8 Å². The Balaban J connectivity index is 2.38. The highest BCUT2D eigenvalue weighted by atomic mass is 35.5. The number of halogens is 1. The van der Waals surface area contributed by atoms with Gasteiger partial charge in [0, 0.05) is 30.1 Å². The van der Waals surface area contributed by atoms with Crippen molar-refractivity contribution in [2.45, 2.75) is 19.9 Å². The zero-order valence-corrected chi connectivity index (χ0v) is 9.78. The highest BCUT2D eigenvalue weighted by Gasteiger charge is 2.07. The fraction of sp³-hybridized carbons (Fsp3) is 0.273. The standard InChI is InChI=1S/C11H13ClN4/c1-2-3-16-7-8(5-15-16)10-4-9(12)6-14-11(10)13/h4-7H,2-3H2,1H3,(H2,13,14). The third-order valence-electron chi connectivity index (χ3n) is 2.28. The van der Waals surface area contributed by atoms with Crippen molar-refractivity contribution >= 4 is 17.4 Å². The first-order valence-corrected chi connectivity index (χ1v) is 5.52. The Kier molecular flexibility index (Phi) is 3.10. The van der Waals surface area contributed by atoms with Crippen LogP contribution in [0, 0.1) is 0 Å². The van der Waals surface area contributed by atoms with Crippen molar-refractivity contribution in [1.29, 1.82) is 0 Å². The number of nitrogens with two attached hydrogens (primary N) is 1. The van der Waals surface area contributed by atoms with Crippen LogP contribution in [0.3, 0.4) is 0 Å². The zero-order chi connectivity index (χ0) is 11.5. The Bertz CT molecular complexity index is 492. The van der Waals surface area contributed by atoms with Crippen LogP contribution < -0.4 is 5.73 Å². The summed E-state index contributed by atoms with van der Waals surface area (Å²) < 4.78 is 1.88. The molecule has 0 unspecified atom stereocenters. The number of pyridine rings is 1. The number of anilines is 1. The number of nitrogen functional groups attached to an aromatic ring is 1. The molecule has 2 heterocycles. The number of hydrogen-bond acceptors (Lipinski definition) is 3. The van der Waals surface area contributed by atoms with Crippen molar-refractivity contribution in [2.75, 3.05) is 5.73 Å². The average Bonchev–Trinajstić information content (AvgIpc) is 2.71. The third kappa shape index (κ3) is 2.17. The van der Waals surface area contributed by atoms with Gasteiger partial charge in [-0.2, -0.15) is 5.10 Å². The summed E-state index contributed by atoms with van der Waals surface area (Å²) in [5.41, 5.74) is 7.57. The molecule has 0 aliphatic rings. The summed E-state index contributed by atoms with van der Waals surface area (Å²) in [6, 6.07) is 1.80. The fourth-order valence-corrected chi connectivity index (χ4v) is 1.69. The lowest BCUT2D eigenvalue weighted by molar-refractivity contribution is 0.603. The van der Waals surface area contributed by atoms with Crippen molar-refractivity contribution < 1.29 is 0 Å². The topological polar surface area (TPSA) is 56.7 Å². The van der Waals surface area contributed by atoms with E-state index in [1.54, 1.807) is 12.3 Å². The SMILES string of the molecule is CCCn1cc(-c2cc(Cl)cnc2N)cn1. The molecule has 0 aliphatic heterocycles. The van der Waals surface area contributed by atoms with Crippen LogP contribution in [-0.4, -0.2) is 14.8 Å². The van der Waals surface area contributed by atoms with Crippen LogP contribution in [-0.2, 0) is 6.54 Å². The summed E-state index contributed by atoms with van der Waals surface area (Å²) >= 11 is 5.89. The van der Waals surface area contributed by atoms with Crippen molar-refractivity contribution in [3.63, 3.8) is 0 Å². The minimum Gasteiger partial charge on any atom is -0.383 e. The lowest BCUT2D eigenvalue weighted by atomic mass is 10.1. The van der Waals surface area contributed by atoms with Gasteiger partial charge in [-0.1, -0.05) is 18.5 Å². The first-order chi connectivity index (χ1) is 7.70. The maximum Gasteiger partial charge on any atom is 0.131 e. The van der Waals surface area contributed by atoms with E-state index in [9.17, 15) is 0 Å². The summed E-state index contributed by atoms with van der Waals surface area (Å²) in [5.74, 6) is 0.473. The third-order valence-corrected chi connectivity index (χ3v) is 2.49. The summed E-state index contributed by atoms with van der Waals surface area (Å²) in [6.45, 7) is 3.00. The average molecular weight is 237 g/mol. The smallest absolute Gasteiger partial charge is 0.131 e. The van der Waals surface area contributed by atoms with E-state index in [0.717, 1.165) is 24.1 Å². The molecular weight excluding hydrogens is 224 g/mol. The van der Waals surface area contributed by atoms with E-state index >= 15 is 0 Å². The molecule has 2 N–H and O–H groups in total. The van der Waals surface area contributed by atoms with E-state index in [1.807, 2.05) is 10.9 Å². The van der Waals surface area contributed by atoms with E-state index in [1.165, 1.54) is 6.20 Å². The fourth-order valence-electron chi connectivity index (χ4n) is 1.54. The molecule has 2 aromatic heterocycles. The normalized spacial score (nSPS) is 10.6. The molecule has 5 heteroatoms. The molecule has 0 aliphatic carbocycles. The van der Waals surface area contributed by atoms with Crippen LogP contribution in [0.1, 0.15) is 13.3 Å². The molecule has 16 heavy (non-hydrogen) atoms. The van der Waals surface area contributed by atoms with Gasteiger partial charge in [0.2, 0.25) is 0 Å². The number of nitrogens with zero attached hydrogens (tertiary/aromatic N) is 3. The summed E-state index contributed by atoms with van der Waals surface area (Å²) in [7, 11) is 0. The molecule has 0 fully saturated rings. The summed E-state index contributed by atoms with van der Waals surface area (Å²) in [6.07, 6.45) is 6.31. The van der Waals surface area contributed by atoms with Crippen LogP contribution in [0.4, 0.5) is 5.82 Å². The molecular formula is C11H13ClN4. The quantitative estimate of drug-likeness (QED) is 0.891. The lowest BCUT2D eigenvalue weighted by Crippen LogP contribution is -1.96. The van der Waals surface area contributed by atoms with Crippen LogP contribution in [0.2, 0.25) is 5.02 Å². The van der Waals surface area contributed by atoms with E-state index in [-0.39, 0.29) is 0 Å². The Morgan fingerprint density at radius 2 is 2.25 bits per heavy atom. The summed E-state index contributed by atoms with van der Waals surface area (Å²) in [5, 5.41) is 4.82. The highest BCUT2D eigenvalue weighted by molar-refractivity contribution is 6.30. The second-order valence-electron chi connectivity index (χ2n) is 3.58. The molecule has 0 amide bonds. The molecule has 0 radical (unpaired) electrons. The number of aryl methyl sites for hydroxylation is 1. The van der Waals surface area contributed by atoms with E-state index in [4.69, 9.17) is 17.3 Å². The molecule has 2 aromatic rings. The second kappa shape index (κ2) is 4.53. The van der Waals surface area contributed by atoms with Crippen LogP contribution in [0.15, 0.2) is 24.7 Å². The number of hydrogen-bond donors (Lipinski definition) is 1. The molecule has 2 rings (SSSR count). The molecule has 0 atom stereocenters. The lowest BCUT2D eigenvalue weighted by Gasteiger charge is -2.02. The summed E-state index contributed by atoms with van der Waals surface area (Å²) in [4.78, 5) is 4.02. The molecule has 4 nitrogen and oxygen atoms in total. The minimum absolute atomic E-state index is 0.473. The van der Waals surface area contributed by atoms with Gasteiger partial charge >= 0.3 is 0 Å². The van der Waals surface area contributed by atoms with Gasteiger partial charge in [0.15, 0.2) is 0 Å². The molecule has 0 spiro atoms. The van der Waals surface area contributed by atoms with Gasteiger partial charge < -0.3 is 5.73 Å². The van der Waals surface area contributed by atoms with Crippen molar-refractivity contribution in [3.05, 3.63) is 29.7 Å². The van der Waals surface area contributed by atoms with Gasteiger partial charge in [-0.15, -0.1) is 0 Å². The predicted molar refractivity (Wildman–Crippen MR) is 65.2 cm³/mol. The van der Waals surface area contributed by atoms with E-state index < -0.39 is 0 Å². The largest absolute Gasteiger partial charge is 0.383 e. The number of aromatic nitrogens is 3. The Morgan fingerprint density at radius 3 is 3.00 bits per heavy atom. The predicted octanol–water partition coefficient (Wildman–Crippen LogP) is 2.59. The Hall–Kier alpha value is -1.55. The first kappa shape index (κ1) is 11.0. The van der Waals surface area contributed by atoms with Gasteiger partial charge in [-0.3, -0.25) is 4.68 Å². The zero-order valence-electron chi connectivity index (χ0n) is 9.02. The Morgan fingerprint density at radius 1 is 1.44 bits per heavy atom. The van der Waals surface area contributed by atoms with Gasteiger partial charge in [0.25, 0.3) is 0 Å². The maximum absolute atomic E-state index is 5.89. The monoisotopic (exact) mass is 236 g/mol. The van der Waals surface area contributed by atoms with Gasteiger partial charge in [-0.05, 0) is 12.5 Å². The molecule has 84 valence electrons. The molecule has 0 aromatic carbocycles.